The molecule has 0 spiro atoms. The molecule has 1 amide bonds. The van der Waals surface area contributed by atoms with Gasteiger partial charge < -0.3 is 52.7 Å². The molecule has 0 aliphatic carbocycles. The fraction of sp³-hybridized carbons (Fsp3) is 0.464. The summed E-state index contributed by atoms with van der Waals surface area (Å²) in [6.45, 7) is 14.0. The number of methoxy groups -OCH3 is 2. The molecule has 10 rings (SSSR count). The van der Waals surface area contributed by atoms with Crippen molar-refractivity contribution in [2.75, 3.05) is 117 Å². The average Bonchev–Trinajstić information content (AvgIpc) is 4.17. The molecular weight excluding hydrogens is 957 g/mol. The van der Waals surface area contributed by atoms with Crippen LogP contribution in [0, 0.1) is 5.92 Å². The molecular formula is C56H72N10O9. The van der Waals surface area contributed by atoms with E-state index in [1.807, 2.05) is 61.2 Å². The summed E-state index contributed by atoms with van der Waals surface area (Å²) < 4.78 is 37.9. The first-order valence-electron chi connectivity index (χ1n) is 26.1. The summed E-state index contributed by atoms with van der Waals surface area (Å²) in [4.78, 5) is 43.8. The number of hydrogen-bond acceptors (Lipinski definition) is 18. The van der Waals surface area contributed by atoms with Crippen molar-refractivity contribution in [3.63, 3.8) is 0 Å². The van der Waals surface area contributed by atoms with E-state index in [1.54, 1.807) is 14.2 Å². The summed E-state index contributed by atoms with van der Waals surface area (Å²) in [5.41, 5.74) is 4.25. The summed E-state index contributed by atoms with van der Waals surface area (Å²) in [6, 6.07) is 34.0. The van der Waals surface area contributed by atoms with Crippen molar-refractivity contribution in [3.05, 3.63) is 108 Å². The first-order chi connectivity index (χ1) is 36.7. The highest BCUT2D eigenvalue weighted by Crippen LogP contribution is 2.35. The van der Waals surface area contributed by atoms with Crippen LogP contribution in [0.15, 0.2) is 106 Å². The number of anilines is 2. The summed E-state index contributed by atoms with van der Waals surface area (Å²) in [5.74, 6) is 3.88. The van der Waals surface area contributed by atoms with Crippen molar-refractivity contribution in [1.82, 2.24) is 40.3 Å². The van der Waals surface area contributed by atoms with Crippen LogP contribution in [0.2, 0.25) is 0 Å². The van der Waals surface area contributed by atoms with Gasteiger partial charge in [0.25, 0.3) is 6.47 Å². The van der Waals surface area contributed by atoms with Crippen LogP contribution in [0.4, 0.5) is 12.0 Å². The Morgan fingerprint density at radius 3 is 1.64 bits per heavy atom. The van der Waals surface area contributed by atoms with E-state index in [-0.39, 0.29) is 24.0 Å². The van der Waals surface area contributed by atoms with Gasteiger partial charge in [0.05, 0.1) is 33.5 Å². The summed E-state index contributed by atoms with van der Waals surface area (Å²) in [5, 5.41) is 11.7. The molecule has 0 bridgehead atoms. The minimum atomic E-state index is -0.0356. The van der Waals surface area contributed by atoms with Crippen molar-refractivity contribution in [3.8, 4) is 45.8 Å². The zero-order valence-corrected chi connectivity index (χ0v) is 44.1. The molecule has 19 nitrogen and oxygen atoms in total. The second-order valence-electron chi connectivity index (χ2n) is 18.9. The lowest BCUT2D eigenvalue weighted by Crippen LogP contribution is -2.51. The predicted octanol–water partition coefficient (Wildman–Crippen LogP) is 7.42. The zero-order valence-electron chi connectivity index (χ0n) is 44.1. The number of rotatable bonds is 15. The number of ether oxygens (including phenoxy) is 5. The number of nitrogens with zero attached hydrogens (tertiary/aromatic N) is 9. The Hall–Kier alpha value is -7.22. The minimum Gasteiger partial charge on any atom is -0.493 e. The smallest absolute Gasteiger partial charge is 0.324 e. The van der Waals surface area contributed by atoms with Crippen LogP contribution in [0.1, 0.15) is 62.7 Å². The van der Waals surface area contributed by atoms with Gasteiger partial charge in [0.2, 0.25) is 17.6 Å². The summed E-state index contributed by atoms with van der Waals surface area (Å²) in [6.07, 6.45) is 3.00. The molecule has 400 valence electrons. The first-order valence-corrected chi connectivity index (χ1v) is 26.1. The van der Waals surface area contributed by atoms with Gasteiger partial charge in [-0.05, 0) is 88.3 Å². The quantitative estimate of drug-likeness (QED) is 0.100. The first kappa shape index (κ1) is 54.1. The third-order valence-corrected chi connectivity index (χ3v) is 14.2. The Kier molecular flexibility index (Phi) is 19.3. The normalized spacial score (nSPS) is 18.7. The molecule has 4 aromatic carbocycles. The van der Waals surface area contributed by atoms with Gasteiger partial charge in [-0.2, -0.15) is 9.97 Å². The molecule has 4 fully saturated rings. The number of aromatic nitrogens is 4. The molecule has 2 aromatic heterocycles. The van der Waals surface area contributed by atoms with Gasteiger partial charge in [0.1, 0.15) is 6.10 Å². The maximum Gasteiger partial charge on any atom is 0.324 e. The topological polar surface area (TPSA) is 186 Å². The van der Waals surface area contributed by atoms with Crippen LogP contribution >= 0.6 is 0 Å². The highest BCUT2D eigenvalue weighted by molar-refractivity contribution is 5.79. The number of hydrogen-bond donors (Lipinski definition) is 1. The van der Waals surface area contributed by atoms with Gasteiger partial charge in [-0.15, -0.1) is 0 Å². The Balaban J connectivity index is 0.000000168. The lowest BCUT2D eigenvalue weighted by molar-refractivity contribution is -0.139. The largest absolute Gasteiger partial charge is 0.493 e. The Morgan fingerprint density at radius 1 is 0.640 bits per heavy atom. The summed E-state index contributed by atoms with van der Waals surface area (Å²) >= 11 is 0. The number of amides is 1. The van der Waals surface area contributed by atoms with Crippen LogP contribution in [-0.4, -0.2) is 160 Å². The van der Waals surface area contributed by atoms with Gasteiger partial charge in [0, 0.05) is 101 Å². The number of benzene rings is 4. The number of carbonyl (C=O) groups is 2. The number of piperidine rings is 2. The van der Waals surface area contributed by atoms with Crippen LogP contribution in [0.25, 0.3) is 22.8 Å². The van der Waals surface area contributed by atoms with E-state index >= 15 is 0 Å². The average molecular weight is 1030 g/mol. The lowest BCUT2D eigenvalue weighted by atomic mass is 9.94. The second-order valence-corrected chi connectivity index (χ2v) is 18.9. The van der Waals surface area contributed by atoms with E-state index in [0.29, 0.717) is 98.6 Å². The fourth-order valence-corrected chi connectivity index (χ4v) is 9.89. The van der Waals surface area contributed by atoms with E-state index < -0.39 is 0 Å². The Morgan fingerprint density at radius 2 is 1.15 bits per heavy atom. The molecule has 0 radical (unpaired) electrons. The predicted molar refractivity (Wildman–Crippen MR) is 285 cm³/mol. The van der Waals surface area contributed by atoms with Gasteiger partial charge >= 0.3 is 12.0 Å². The fourth-order valence-electron chi connectivity index (χ4n) is 9.89. The molecule has 2 atom stereocenters. The van der Waals surface area contributed by atoms with Crippen molar-refractivity contribution in [2.24, 2.45) is 5.92 Å². The summed E-state index contributed by atoms with van der Waals surface area (Å²) in [7, 11) is 7.53. The monoisotopic (exact) mass is 1030 g/mol. The van der Waals surface area contributed by atoms with E-state index in [2.05, 4.69) is 114 Å². The van der Waals surface area contributed by atoms with Crippen LogP contribution in [-0.2, 0) is 14.3 Å². The zero-order chi connectivity index (χ0) is 52.5. The second kappa shape index (κ2) is 26.8. The van der Waals surface area contributed by atoms with E-state index in [9.17, 15) is 9.59 Å². The SMILES string of the molecule is CCOc1ccc(-c2noc(N3CCC(C(=O)N4CCN(C)C(c5ccccc5)C4)CC3)n2)cc1OC.CCOc1ccc(-c2noc(N3CCC(OC=O)CC3)n2)cc1OC.CN1CCNCC1c1ccccc1. The number of piperazine rings is 2. The van der Waals surface area contributed by atoms with Gasteiger partial charge in [0.15, 0.2) is 23.0 Å². The van der Waals surface area contributed by atoms with Crippen LogP contribution in [0.3, 0.4) is 0 Å². The van der Waals surface area contributed by atoms with Crippen molar-refractivity contribution in [2.45, 2.75) is 57.7 Å². The standard InChI is InChI=1S/C28H35N5O4.C17H21N3O5.C11H16N2/c1-4-36-24-11-10-22(18-25(24)35-3)26-29-28(37-30-26)32-14-12-21(13-15-32)27(34)33-17-16-31(2)23(19-33)20-8-6-5-7-9-20;1-3-23-14-5-4-12(10-15(14)22-2)16-18-17(25-19-16)20-8-6-13(7-9-20)24-11-21;1-13-8-7-12-9-11(13)10-5-3-2-4-6-10/h5-11,18,21,23H,4,12-17,19H2,1-3H3;4-5,10-11,13H,3,6-9H2,1-2H3;2-6,11-12H,7-9H2,1H3. The molecule has 4 saturated heterocycles. The van der Waals surface area contributed by atoms with Crippen molar-refractivity contribution >= 4 is 24.4 Å². The van der Waals surface area contributed by atoms with E-state index in [4.69, 9.17) is 32.7 Å². The van der Waals surface area contributed by atoms with Gasteiger partial charge in [-0.3, -0.25) is 19.4 Å². The van der Waals surface area contributed by atoms with Crippen LogP contribution < -0.4 is 34.1 Å². The van der Waals surface area contributed by atoms with E-state index in [1.165, 1.54) is 11.1 Å². The Labute approximate surface area is 440 Å². The molecule has 6 heterocycles. The maximum absolute atomic E-state index is 13.4. The molecule has 4 aliphatic rings. The lowest BCUT2D eigenvalue weighted by Gasteiger charge is -2.42. The number of likely N-dealkylation sites (N-methyl/N-ethyl adjacent to an activating group) is 2. The highest BCUT2D eigenvalue weighted by Gasteiger charge is 2.35. The third-order valence-electron chi connectivity index (χ3n) is 14.2. The molecule has 1 N–H and O–H groups in total. The van der Waals surface area contributed by atoms with Crippen molar-refractivity contribution < 1.29 is 42.3 Å². The minimum absolute atomic E-state index is 0.0221. The molecule has 2 unspecified atom stereocenters. The Bertz CT molecular complexity index is 2690. The van der Waals surface area contributed by atoms with E-state index in [0.717, 1.165) is 76.1 Å². The van der Waals surface area contributed by atoms with Gasteiger partial charge in [-0.1, -0.05) is 71.0 Å². The van der Waals surface area contributed by atoms with Gasteiger partial charge in [-0.25, -0.2) is 0 Å². The number of nitrogens with one attached hydrogen (secondary N) is 1. The molecule has 6 aromatic rings. The molecule has 19 heteroatoms. The molecule has 4 aliphatic heterocycles. The molecule has 0 saturated carbocycles. The third kappa shape index (κ3) is 13.9. The molecule has 75 heavy (non-hydrogen) atoms. The van der Waals surface area contributed by atoms with Crippen LogP contribution in [0.5, 0.6) is 23.0 Å². The highest BCUT2D eigenvalue weighted by atomic mass is 16.5. The number of carbonyl (C=O) groups excluding carboxylic acids is 2. The maximum atomic E-state index is 13.4. The van der Waals surface area contributed by atoms with Crippen molar-refractivity contribution in [1.29, 1.82) is 0 Å².